The van der Waals surface area contributed by atoms with E-state index in [0.29, 0.717) is 5.69 Å². The number of nitrogens with one attached hydrogen (secondary N) is 1. The molecule has 0 aliphatic rings. The van der Waals surface area contributed by atoms with Crippen LogP contribution in [0.3, 0.4) is 0 Å². The summed E-state index contributed by atoms with van der Waals surface area (Å²) < 4.78 is 0. The average molecular weight is 241 g/mol. The van der Waals surface area contributed by atoms with E-state index in [0.717, 1.165) is 29.9 Å². The number of aryl methyl sites for hydroxylation is 2. The molecule has 0 unspecified atom stereocenters. The maximum Gasteiger partial charge on any atom is 0.133 e. The third-order valence-corrected chi connectivity index (χ3v) is 2.89. The normalized spacial score (nSPS) is 10.3. The molecule has 0 saturated carbocycles. The quantitative estimate of drug-likeness (QED) is 0.858. The number of rotatable bonds is 4. The van der Waals surface area contributed by atoms with E-state index in [1.165, 1.54) is 5.56 Å². The second kappa shape index (κ2) is 5.54. The fraction of sp³-hybridized carbons (Fsp3) is 0.267. The summed E-state index contributed by atoms with van der Waals surface area (Å²) >= 11 is 0. The van der Waals surface area contributed by atoms with Gasteiger partial charge in [0.25, 0.3) is 0 Å². The molecule has 0 fully saturated rings. The van der Waals surface area contributed by atoms with Crippen molar-refractivity contribution in [2.75, 3.05) is 11.1 Å². The van der Waals surface area contributed by atoms with Gasteiger partial charge in [-0.3, -0.25) is 0 Å². The van der Waals surface area contributed by atoms with Gasteiger partial charge in [0.05, 0.1) is 11.9 Å². The van der Waals surface area contributed by atoms with Gasteiger partial charge >= 0.3 is 0 Å². The van der Waals surface area contributed by atoms with Crippen LogP contribution in [-0.4, -0.2) is 4.98 Å². The van der Waals surface area contributed by atoms with Crippen molar-refractivity contribution in [3.63, 3.8) is 0 Å². The van der Waals surface area contributed by atoms with E-state index >= 15 is 0 Å². The molecule has 0 spiro atoms. The summed E-state index contributed by atoms with van der Waals surface area (Å²) in [6, 6.07) is 10.3. The number of aromatic nitrogens is 1. The highest BCUT2D eigenvalue weighted by Gasteiger charge is 2.04. The fourth-order valence-corrected chi connectivity index (χ4v) is 1.98. The molecule has 1 aromatic carbocycles. The second-order valence-corrected chi connectivity index (χ2v) is 4.47. The minimum absolute atomic E-state index is 0.694. The molecular formula is C15H19N3. The monoisotopic (exact) mass is 241 g/mol. The van der Waals surface area contributed by atoms with E-state index in [2.05, 4.69) is 35.4 Å². The van der Waals surface area contributed by atoms with E-state index in [4.69, 9.17) is 5.73 Å². The number of nitrogens with two attached hydrogens (primary N) is 1. The van der Waals surface area contributed by atoms with E-state index in [-0.39, 0.29) is 0 Å². The van der Waals surface area contributed by atoms with Crippen LogP contribution < -0.4 is 11.1 Å². The summed E-state index contributed by atoms with van der Waals surface area (Å²) in [5.41, 5.74) is 9.90. The second-order valence-electron chi connectivity index (χ2n) is 4.47. The van der Waals surface area contributed by atoms with Crippen LogP contribution in [0.15, 0.2) is 36.5 Å². The van der Waals surface area contributed by atoms with Crippen molar-refractivity contribution >= 4 is 17.2 Å². The number of nitrogens with zero attached hydrogens (tertiary/aromatic N) is 1. The van der Waals surface area contributed by atoms with Gasteiger partial charge in [-0.15, -0.1) is 0 Å². The molecular weight excluding hydrogens is 222 g/mol. The highest BCUT2D eigenvalue weighted by Crippen LogP contribution is 2.23. The molecule has 94 valence electrons. The molecule has 0 amide bonds. The predicted octanol–water partition coefficient (Wildman–Crippen LogP) is 3.67. The number of nitrogen functional groups attached to an aromatic ring is 1. The first kappa shape index (κ1) is 12.4. The summed E-state index contributed by atoms with van der Waals surface area (Å²) in [6.07, 6.45) is 3.88. The minimum atomic E-state index is 0.694. The fourth-order valence-electron chi connectivity index (χ4n) is 1.98. The molecule has 2 aromatic rings. The van der Waals surface area contributed by atoms with Crippen molar-refractivity contribution < 1.29 is 0 Å². The molecule has 0 saturated heterocycles. The summed E-state index contributed by atoms with van der Waals surface area (Å²) in [6.45, 7) is 4.19. The third kappa shape index (κ3) is 2.80. The maximum atomic E-state index is 5.71. The molecule has 3 heteroatoms. The lowest BCUT2D eigenvalue weighted by atomic mass is 10.1. The SMILES string of the molecule is CCCc1ccccc1Nc1ncc(N)cc1C. The van der Waals surface area contributed by atoms with Gasteiger partial charge in [0.2, 0.25) is 0 Å². The molecule has 2 rings (SSSR count). The topological polar surface area (TPSA) is 50.9 Å². The first-order chi connectivity index (χ1) is 8.70. The van der Waals surface area contributed by atoms with Crippen LogP contribution in [0.2, 0.25) is 0 Å². The Labute approximate surface area is 108 Å². The van der Waals surface area contributed by atoms with Crippen LogP contribution in [0, 0.1) is 6.92 Å². The molecule has 3 nitrogen and oxygen atoms in total. The van der Waals surface area contributed by atoms with Crippen LogP contribution in [0.1, 0.15) is 24.5 Å². The molecule has 18 heavy (non-hydrogen) atoms. The minimum Gasteiger partial charge on any atom is -0.397 e. The molecule has 0 aliphatic heterocycles. The Bertz CT molecular complexity index is 535. The van der Waals surface area contributed by atoms with Crippen molar-refractivity contribution in [1.29, 1.82) is 0 Å². The van der Waals surface area contributed by atoms with Crippen molar-refractivity contribution in [3.8, 4) is 0 Å². The molecule has 0 bridgehead atoms. The number of anilines is 3. The Morgan fingerprint density at radius 1 is 1.28 bits per heavy atom. The lowest BCUT2D eigenvalue weighted by Crippen LogP contribution is -2.00. The van der Waals surface area contributed by atoms with Crippen LogP contribution in [0.25, 0.3) is 0 Å². The smallest absolute Gasteiger partial charge is 0.133 e. The first-order valence-corrected chi connectivity index (χ1v) is 6.27. The van der Waals surface area contributed by atoms with E-state index in [1.54, 1.807) is 6.20 Å². The van der Waals surface area contributed by atoms with Crippen molar-refractivity contribution in [3.05, 3.63) is 47.7 Å². The lowest BCUT2D eigenvalue weighted by molar-refractivity contribution is 0.923. The van der Waals surface area contributed by atoms with Crippen molar-refractivity contribution in [1.82, 2.24) is 4.98 Å². The molecule has 1 aromatic heterocycles. The summed E-state index contributed by atoms with van der Waals surface area (Å²) in [4.78, 5) is 4.34. The van der Waals surface area contributed by atoms with Gasteiger partial charge in [0.1, 0.15) is 5.82 Å². The molecule has 0 atom stereocenters. The van der Waals surface area contributed by atoms with Gasteiger partial charge < -0.3 is 11.1 Å². The Hall–Kier alpha value is -2.03. The third-order valence-electron chi connectivity index (χ3n) is 2.89. The number of benzene rings is 1. The number of pyridine rings is 1. The van der Waals surface area contributed by atoms with Gasteiger partial charge in [0, 0.05) is 5.69 Å². The van der Waals surface area contributed by atoms with Gasteiger partial charge in [-0.1, -0.05) is 31.5 Å². The van der Waals surface area contributed by atoms with Crippen LogP contribution in [0.5, 0.6) is 0 Å². The zero-order valence-electron chi connectivity index (χ0n) is 10.9. The predicted molar refractivity (Wildman–Crippen MR) is 77.1 cm³/mol. The average Bonchev–Trinajstić information content (AvgIpc) is 2.35. The van der Waals surface area contributed by atoms with E-state index in [1.807, 2.05) is 19.1 Å². The van der Waals surface area contributed by atoms with Crippen LogP contribution in [0.4, 0.5) is 17.2 Å². The zero-order chi connectivity index (χ0) is 13.0. The number of hydrogen-bond donors (Lipinski definition) is 2. The first-order valence-electron chi connectivity index (χ1n) is 6.27. The van der Waals surface area contributed by atoms with E-state index < -0.39 is 0 Å². The van der Waals surface area contributed by atoms with Gasteiger partial charge in [-0.05, 0) is 36.6 Å². The summed E-state index contributed by atoms with van der Waals surface area (Å²) in [5.74, 6) is 0.868. The Balaban J connectivity index is 2.28. The molecule has 0 aliphatic carbocycles. The number of hydrogen-bond acceptors (Lipinski definition) is 3. The van der Waals surface area contributed by atoms with Crippen molar-refractivity contribution in [2.45, 2.75) is 26.7 Å². The van der Waals surface area contributed by atoms with Crippen LogP contribution in [-0.2, 0) is 6.42 Å². The van der Waals surface area contributed by atoms with Gasteiger partial charge in [-0.25, -0.2) is 4.98 Å². The summed E-state index contributed by atoms with van der Waals surface area (Å²) in [7, 11) is 0. The highest BCUT2D eigenvalue weighted by atomic mass is 15.0. The Kier molecular flexibility index (Phi) is 3.82. The summed E-state index contributed by atoms with van der Waals surface area (Å²) in [5, 5.41) is 3.39. The molecule has 0 radical (unpaired) electrons. The maximum absolute atomic E-state index is 5.71. The van der Waals surface area contributed by atoms with Crippen LogP contribution >= 0.6 is 0 Å². The zero-order valence-corrected chi connectivity index (χ0v) is 10.9. The lowest BCUT2D eigenvalue weighted by Gasteiger charge is -2.12. The molecule has 3 N–H and O–H groups in total. The standard InChI is InChI=1S/C15H19N3/c1-3-6-12-7-4-5-8-14(12)18-15-11(2)9-13(16)10-17-15/h4-5,7-10H,3,6,16H2,1-2H3,(H,17,18). The number of para-hydroxylation sites is 1. The Morgan fingerprint density at radius 2 is 2.06 bits per heavy atom. The highest BCUT2D eigenvalue weighted by molar-refractivity contribution is 5.64. The largest absolute Gasteiger partial charge is 0.397 e. The molecule has 1 heterocycles. The Morgan fingerprint density at radius 3 is 2.78 bits per heavy atom. The van der Waals surface area contributed by atoms with Gasteiger partial charge in [0.15, 0.2) is 0 Å². The van der Waals surface area contributed by atoms with Crippen molar-refractivity contribution in [2.24, 2.45) is 0 Å². The van der Waals surface area contributed by atoms with Gasteiger partial charge in [-0.2, -0.15) is 0 Å². The van der Waals surface area contributed by atoms with E-state index in [9.17, 15) is 0 Å².